The lowest BCUT2D eigenvalue weighted by Gasteiger charge is -2.06. The minimum absolute atomic E-state index is 0.203. The zero-order chi connectivity index (χ0) is 16.7. The summed E-state index contributed by atoms with van der Waals surface area (Å²) in [5, 5.41) is 11.8. The molecule has 0 unspecified atom stereocenters. The molecule has 1 aromatic heterocycles. The third kappa shape index (κ3) is 2.52. The van der Waals surface area contributed by atoms with E-state index in [1.54, 1.807) is 24.3 Å². The number of hydrogen-bond acceptors (Lipinski definition) is 3. The van der Waals surface area contributed by atoms with Crippen molar-refractivity contribution >= 4 is 22.6 Å². The number of imidazole rings is 1. The van der Waals surface area contributed by atoms with Gasteiger partial charge in [0.15, 0.2) is 0 Å². The number of rotatable bonds is 3. The van der Waals surface area contributed by atoms with Crippen LogP contribution in [0.2, 0.25) is 0 Å². The van der Waals surface area contributed by atoms with Gasteiger partial charge in [-0.15, -0.1) is 0 Å². The van der Waals surface area contributed by atoms with Crippen molar-refractivity contribution in [1.29, 1.82) is 5.26 Å². The van der Waals surface area contributed by atoms with Gasteiger partial charge in [0, 0.05) is 24.2 Å². The number of carbonyl (C=O) groups is 1. The predicted octanol–water partition coefficient (Wildman–Crippen LogP) is 3.57. The van der Waals surface area contributed by atoms with E-state index in [0.717, 1.165) is 16.9 Å². The van der Waals surface area contributed by atoms with Crippen molar-refractivity contribution in [2.45, 2.75) is 18.8 Å². The molecule has 2 aromatic carbocycles. The summed E-state index contributed by atoms with van der Waals surface area (Å²) in [7, 11) is 2.02. The van der Waals surface area contributed by atoms with Crippen molar-refractivity contribution in [1.82, 2.24) is 9.55 Å². The van der Waals surface area contributed by atoms with E-state index in [9.17, 15) is 4.79 Å². The number of aromatic nitrogens is 2. The number of amides is 1. The number of aryl methyl sites for hydroxylation is 1. The fourth-order valence-electron chi connectivity index (χ4n) is 2.94. The smallest absolute Gasteiger partial charge is 0.255 e. The summed E-state index contributed by atoms with van der Waals surface area (Å²) >= 11 is 0. The molecule has 24 heavy (non-hydrogen) atoms. The number of hydrogen-bond donors (Lipinski definition) is 1. The standard InChI is InChI=1S/C19H16N4O/c1-23-17-8-7-14(10-16(17)22-18(23)13-5-6-13)19(24)21-15-4-2-3-12(9-15)11-20/h2-4,7-10,13H,5-6H2,1H3,(H,21,24). The molecule has 5 nitrogen and oxygen atoms in total. The number of fused-ring (bicyclic) bond motifs is 1. The van der Waals surface area contributed by atoms with Crippen LogP contribution in [0.3, 0.4) is 0 Å². The Morgan fingerprint density at radius 3 is 2.88 bits per heavy atom. The predicted molar refractivity (Wildman–Crippen MR) is 91.8 cm³/mol. The van der Waals surface area contributed by atoms with E-state index in [0.29, 0.717) is 22.7 Å². The molecule has 1 fully saturated rings. The number of anilines is 1. The summed E-state index contributed by atoms with van der Waals surface area (Å²) in [5.41, 5.74) is 3.57. The molecule has 1 heterocycles. The maximum Gasteiger partial charge on any atom is 0.255 e. The van der Waals surface area contributed by atoms with Gasteiger partial charge in [-0.2, -0.15) is 5.26 Å². The van der Waals surface area contributed by atoms with Crippen LogP contribution < -0.4 is 5.32 Å². The summed E-state index contributed by atoms with van der Waals surface area (Å²) in [6.45, 7) is 0. The maximum absolute atomic E-state index is 12.5. The molecule has 1 N–H and O–H groups in total. The highest BCUT2D eigenvalue weighted by Crippen LogP contribution is 2.40. The fourth-order valence-corrected chi connectivity index (χ4v) is 2.94. The quantitative estimate of drug-likeness (QED) is 0.803. The first-order chi connectivity index (χ1) is 11.7. The van der Waals surface area contributed by atoms with Gasteiger partial charge in [-0.05, 0) is 49.2 Å². The molecule has 4 rings (SSSR count). The van der Waals surface area contributed by atoms with E-state index in [1.807, 2.05) is 25.2 Å². The minimum Gasteiger partial charge on any atom is -0.331 e. The van der Waals surface area contributed by atoms with Crippen molar-refractivity contribution in [3.8, 4) is 6.07 Å². The Bertz CT molecular complexity index is 992. The number of benzene rings is 2. The molecule has 1 aliphatic rings. The first-order valence-corrected chi connectivity index (χ1v) is 7.93. The molecular weight excluding hydrogens is 300 g/mol. The summed E-state index contributed by atoms with van der Waals surface area (Å²) in [5.74, 6) is 1.46. The van der Waals surface area contributed by atoms with Gasteiger partial charge in [-0.3, -0.25) is 4.79 Å². The summed E-state index contributed by atoms with van der Waals surface area (Å²) in [6, 6.07) is 14.5. The molecule has 118 valence electrons. The number of nitrogens with one attached hydrogen (secondary N) is 1. The van der Waals surface area contributed by atoms with Crippen LogP contribution in [0.1, 0.15) is 40.5 Å². The van der Waals surface area contributed by atoms with Gasteiger partial charge < -0.3 is 9.88 Å². The Morgan fingerprint density at radius 1 is 1.29 bits per heavy atom. The van der Waals surface area contributed by atoms with Crippen molar-refractivity contribution < 1.29 is 4.79 Å². The average molecular weight is 316 g/mol. The van der Waals surface area contributed by atoms with Crippen LogP contribution in [0.25, 0.3) is 11.0 Å². The second-order valence-electron chi connectivity index (χ2n) is 6.15. The first kappa shape index (κ1) is 14.5. The number of carbonyl (C=O) groups excluding carboxylic acids is 1. The zero-order valence-corrected chi connectivity index (χ0v) is 13.3. The summed E-state index contributed by atoms with van der Waals surface area (Å²) in [6.07, 6.45) is 2.39. The first-order valence-electron chi connectivity index (χ1n) is 7.93. The number of nitrogens with zero attached hydrogens (tertiary/aromatic N) is 3. The molecule has 0 radical (unpaired) electrons. The lowest BCUT2D eigenvalue weighted by Crippen LogP contribution is -2.11. The van der Waals surface area contributed by atoms with Crippen LogP contribution >= 0.6 is 0 Å². The Hall–Kier alpha value is -3.13. The van der Waals surface area contributed by atoms with E-state index in [-0.39, 0.29) is 5.91 Å². The molecule has 0 aliphatic heterocycles. The number of nitriles is 1. The van der Waals surface area contributed by atoms with Gasteiger partial charge in [-0.1, -0.05) is 6.07 Å². The average Bonchev–Trinajstić information content (AvgIpc) is 3.39. The van der Waals surface area contributed by atoms with E-state index in [1.165, 1.54) is 12.8 Å². The molecule has 0 saturated heterocycles. The van der Waals surface area contributed by atoms with E-state index >= 15 is 0 Å². The Balaban J connectivity index is 1.63. The lowest BCUT2D eigenvalue weighted by atomic mass is 10.1. The molecule has 0 atom stereocenters. The van der Waals surface area contributed by atoms with Gasteiger partial charge in [0.05, 0.1) is 22.7 Å². The Morgan fingerprint density at radius 2 is 2.12 bits per heavy atom. The molecule has 1 amide bonds. The van der Waals surface area contributed by atoms with Gasteiger partial charge >= 0.3 is 0 Å². The second-order valence-corrected chi connectivity index (χ2v) is 6.15. The van der Waals surface area contributed by atoms with Crippen LogP contribution in [-0.2, 0) is 7.05 Å². The van der Waals surface area contributed by atoms with Gasteiger partial charge in [0.2, 0.25) is 0 Å². The SMILES string of the molecule is Cn1c(C2CC2)nc2cc(C(=O)Nc3cccc(C#N)c3)ccc21. The minimum atomic E-state index is -0.203. The van der Waals surface area contributed by atoms with E-state index in [2.05, 4.69) is 16.0 Å². The fraction of sp³-hybridized carbons (Fsp3) is 0.211. The van der Waals surface area contributed by atoms with Crippen molar-refractivity contribution in [3.63, 3.8) is 0 Å². The molecule has 5 heteroatoms. The molecule has 3 aromatic rings. The molecule has 0 bridgehead atoms. The largest absolute Gasteiger partial charge is 0.331 e. The van der Waals surface area contributed by atoms with Crippen molar-refractivity contribution in [2.24, 2.45) is 7.05 Å². The van der Waals surface area contributed by atoms with Gasteiger partial charge in [-0.25, -0.2) is 4.98 Å². The normalized spacial score (nSPS) is 13.7. The summed E-state index contributed by atoms with van der Waals surface area (Å²) < 4.78 is 2.12. The van der Waals surface area contributed by atoms with Crippen LogP contribution in [0.5, 0.6) is 0 Å². The molecule has 1 aliphatic carbocycles. The Kier molecular flexibility index (Phi) is 3.31. The van der Waals surface area contributed by atoms with Crippen LogP contribution in [-0.4, -0.2) is 15.5 Å². The maximum atomic E-state index is 12.5. The highest BCUT2D eigenvalue weighted by molar-refractivity contribution is 6.06. The third-order valence-electron chi connectivity index (χ3n) is 4.37. The van der Waals surface area contributed by atoms with E-state index < -0.39 is 0 Å². The lowest BCUT2D eigenvalue weighted by molar-refractivity contribution is 0.102. The topological polar surface area (TPSA) is 70.7 Å². The van der Waals surface area contributed by atoms with Gasteiger partial charge in [0.1, 0.15) is 5.82 Å². The van der Waals surface area contributed by atoms with Crippen LogP contribution in [0.15, 0.2) is 42.5 Å². The monoisotopic (exact) mass is 316 g/mol. The highest BCUT2D eigenvalue weighted by Gasteiger charge is 2.28. The Labute approximate surface area is 139 Å². The van der Waals surface area contributed by atoms with Gasteiger partial charge in [0.25, 0.3) is 5.91 Å². The molecule has 0 spiro atoms. The van der Waals surface area contributed by atoms with E-state index in [4.69, 9.17) is 10.2 Å². The summed E-state index contributed by atoms with van der Waals surface area (Å²) in [4.78, 5) is 17.2. The van der Waals surface area contributed by atoms with Crippen LogP contribution in [0.4, 0.5) is 5.69 Å². The molecule has 1 saturated carbocycles. The highest BCUT2D eigenvalue weighted by atomic mass is 16.1. The van der Waals surface area contributed by atoms with Crippen molar-refractivity contribution in [2.75, 3.05) is 5.32 Å². The van der Waals surface area contributed by atoms with Crippen molar-refractivity contribution in [3.05, 3.63) is 59.4 Å². The third-order valence-corrected chi connectivity index (χ3v) is 4.37. The molecular formula is C19H16N4O. The second kappa shape index (κ2) is 5.50. The zero-order valence-electron chi connectivity index (χ0n) is 13.3. The van der Waals surface area contributed by atoms with Crippen LogP contribution in [0, 0.1) is 11.3 Å².